The van der Waals surface area contributed by atoms with Crippen LogP contribution in [0.3, 0.4) is 0 Å². The second-order valence-corrected chi connectivity index (χ2v) is 11.6. The molecule has 0 aromatic heterocycles. The predicted octanol–water partition coefficient (Wildman–Crippen LogP) is 8.75. The van der Waals surface area contributed by atoms with Gasteiger partial charge in [0, 0.05) is 3.57 Å². The second kappa shape index (κ2) is 12.2. The highest BCUT2D eigenvalue weighted by Crippen LogP contribution is 2.44. The molecule has 1 N–H and O–H groups in total. The molecule has 0 bridgehead atoms. The summed E-state index contributed by atoms with van der Waals surface area (Å²) in [4.78, 5) is 0. The largest absolute Gasteiger partial charge is 0.421 e. The van der Waals surface area contributed by atoms with E-state index in [1.54, 1.807) is 0 Å². The third kappa shape index (κ3) is 7.80. The highest BCUT2D eigenvalue weighted by atomic mass is 127. The van der Waals surface area contributed by atoms with E-state index in [9.17, 15) is 31.4 Å². The summed E-state index contributed by atoms with van der Waals surface area (Å²) >= 11 is -2.07. The smallest absolute Gasteiger partial charge is 0.388 e. The van der Waals surface area contributed by atoms with Gasteiger partial charge in [-0.2, -0.15) is 26.3 Å². The molecule has 0 saturated carbocycles. The zero-order valence-corrected chi connectivity index (χ0v) is 21.4. The number of hydrogen-bond acceptors (Lipinski definition) is 1. The number of allylic oxidation sites excluding steroid dienone is 1. The van der Waals surface area contributed by atoms with Gasteiger partial charge < -0.3 is 5.11 Å². The van der Waals surface area contributed by atoms with Crippen LogP contribution in [0.1, 0.15) is 83.3 Å². The van der Waals surface area contributed by atoms with Crippen LogP contribution in [0.25, 0.3) is 5.57 Å². The van der Waals surface area contributed by atoms with Crippen LogP contribution >= 0.6 is 20.7 Å². The lowest BCUT2D eigenvalue weighted by Crippen LogP contribution is -2.26. The van der Waals surface area contributed by atoms with Crippen LogP contribution in [0.4, 0.5) is 26.3 Å². The van der Waals surface area contributed by atoms with Crippen LogP contribution in [0.15, 0.2) is 24.3 Å². The van der Waals surface area contributed by atoms with Crippen molar-refractivity contribution in [2.75, 3.05) is 0 Å². The van der Waals surface area contributed by atoms with Gasteiger partial charge >= 0.3 is 12.4 Å². The number of fused-ring (bicyclic) bond motifs is 1. The van der Waals surface area contributed by atoms with Crippen LogP contribution in [0, 0.1) is 15.4 Å². The maximum absolute atomic E-state index is 13.6. The minimum Gasteiger partial charge on any atom is -0.388 e. The monoisotopic (exact) mass is 590 g/mol. The zero-order valence-electron chi connectivity index (χ0n) is 19.3. The lowest BCUT2D eigenvalue weighted by atomic mass is 9.80. The Kier molecular flexibility index (Phi) is 10.5. The first kappa shape index (κ1) is 28.3. The Labute approximate surface area is 202 Å². The van der Waals surface area contributed by atoms with Crippen LogP contribution in [-0.2, 0) is 6.18 Å². The molecule has 1 aliphatic rings. The molecule has 0 saturated heterocycles. The number of aliphatic hydroxyl groups excluding tert-OH is 1. The standard InChI is InChI=1S/C25H33F6IO/c1-4-6-8-11-17(10-7-5-2)16(3)14-21(33)19-15-22(25(29,30)31)32-23-18(19)12-9-13-20(23)24(26,27)28/h9,12-13,15-17,21,33H,4-8,10-11,14H2,1-3H3. The van der Waals surface area contributed by atoms with E-state index in [-0.39, 0.29) is 27.0 Å². The molecule has 8 heteroatoms. The van der Waals surface area contributed by atoms with Crippen molar-refractivity contribution < 1.29 is 31.4 Å². The molecule has 1 heterocycles. The van der Waals surface area contributed by atoms with E-state index >= 15 is 0 Å². The van der Waals surface area contributed by atoms with Gasteiger partial charge in [0.2, 0.25) is 0 Å². The molecule has 3 unspecified atom stereocenters. The molecule has 1 aliphatic heterocycles. The Morgan fingerprint density at radius 3 is 2.12 bits per heavy atom. The van der Waals surface area contributed by atoms with Crippen molar-refractivity contribution in [3.63, 3.8) is 0 Å². The SMILES string of the molecule is CCCCCC(CCCC)C(C)CC(O)C1=CC(C(F)(F)F)=Ic2c1cccc2C(F)(F)F. The number of unbranched alkanes of at least 4 members (excludes halogenated alkanes) is 3. The third-order valence-corrected chi connectivity index (χ3v) is 9.44. The molecule has 1 aromatic carbocycles. The summed E-state index contributed by atoms with van der Waals surface area (Å²) in [6.45, 7) is 6.21. The fourth-order valence-corrected chi connectivity index (χ4v) is 7.27. The number of rotatable bonds is 11. The molecule has 0 spiro atoms. The summed E-state index contributed by atoms with van der Waals surface area (Å²) in [6, 6.07) is 3.45. The highest BCUT2D eigenvalue weighted by molar-refractivity contribution is 14.2. The van der Waals surface area contributed by atoms with Gasteiger partial charge in [-0.1, -0.05) is 98.6 Å². The van der Waals surface area contributed by atoms with Crippen molar-refractivity contribution in [1.82, 2.24) is 0 Å². The summed E-state index contributed by atoms with van der Waals surface area (Å²) in [5.74, 6) is 0.374. The number of benzene rings is 1. The van der Waals surface area contributed by atoms with Crippen molar-refractivity contribution in [3.05, 3.63) is 39.0 Å². The van der Waals surface area contributed by atoms with E-state index in [1.165, 1.54) is 12.1 Å². The Morgan fingerprint density at radius 2 is 1.55 bits per heavy atom. The van der Waals surface area contributed by atoms with Crippen molar-refractivity contribution in [2.24, 2.45) is 11.8 Å². The minimum absolute atomic E-state index is 0.0379. The molecule has 3 atom stereocenters. The van der Waals surface area contributed by atoms with Gasteiger partial charge in [0.05, 0.1) is 15.2 Å². The number of hydrogen-bond donors (Lipinski definition) is 1. The number of alkyl halides is 6. The maximum Gasteiger partial charge on any atom is 0.421 e. The molecule has 1 nitrogen and oxygen atoms in total. The number of aliphatic hydroxyl groups is 1. The van der Waals surface area contributed by atoms with E-state index in [0.29, 0.717) is 5.92 Å². The lowest BCUT2D eigenvalue weighted by Gasteiger charge is -2.29. The van der Waals surface area contributed by atoms with Gasteiger partial charge in [0.15, 0.2) is 0 Å². The van der Waals surface area contributed by atoms with Gasteiger partial charge in [0.25, 0.3) is 0 Å². The fourth-order valence-electron chi connectivity index (χ4n) is 4.34. The Balaban J connectivity index is 2.38. The van der Waals surface area contributed by atoms with Crippen LogP contribution in [-0.4, -0.2) is 20.9 Å². The zero-order chi connectivity index (χ0) is 24.8. The molecular formula is C25H33F6IO. The van der Waals surface area contributed by atoms with E-state index in [0.717, 1.165) is 57.1 Å². The fraction of sp³-hybridized carbons (Fsp3) is 0.640. The summed E-state index contributed by atoms with van der Waals surface area (Å²) in [7, 11) is 0. The Hall–Kier alpha value is -0.900. The highest BCUT2D eigenvalue weighted by Gasteiger charge is 2.40. The van der Waals surface area contributed by atoms with E-state index in [2.05, 4.69) is 13.8 Å². The summed E-state index contributed by atoms with van der Waals surface area (Å²) in [6.07, 6.45) is -2.30. The molecule has 2 rings (SSSR count). The second-order valence-electron chi connectivity index (χ2n) is 8.83. The summed E-state index contributed by atoms with van der Waals surface area (Å²) < 4.78 is 80.2. The van der Waals surface area contributed by atoms with Gasteiger partial charge in [-0.25, -0.2) is 0 Å². The third-order valence-electron chi connectivity index (χ3n) is 6.23. The minimum atomic E-state index is -4.74. The van der Waals surface area contributed by atoms with Gasteiger partial charge in [0.1, 0.15) is 0 Å². The summed E-state index contributed by atoms with van der Waals surface area (Å²) in [5.41, 5.74) is -0.953. The number of halogens is 7. The van der Waals surface area contributed by atoms with Crippen molar-refractivity contribution in [3.8, 4) is 0 Å². The van der Waals surface area contributed by atoms with E-state index in [1.807, 2.05) is 6.92 Å². The van der Waals surface area contributed by atoms with Gasteiger partial charge in [-0.3, -0.25) is 0 Å². The molecule has 0 radical (unpaired) electrons. The van der Waals surface area contributed by atoms with Crippen LogP contribution < -0.4 is 0 Å². The maximum atomic E-state index is 13.6. The lowest BCUT2D eigenvalue weighted by molar-refractivity contribution is -0.138. The first-order chi connectivity index (χ1) is 15.4. The molecule has 0 fully saturated rings. The summed E-state index contributed by atoms with van der Waals surface area (Å²) in [5, 5.41) is 11.0. The average Bonchev–Trinajstić information content (AvgIpc) is 2.73. The average molecular weight is 590 g/mol. The first-order valence-corrected chi connectivity index (χ1v) is 13.7. The van der Waals surface area contributed by atoms with Crippen molar-refractivity contribution >= 4 is 29.8 Å². The van der Waals surface area contributed by atoms with Crippen molar-refractivity contribution in [1.29, 1.82) is 0 Å². The topological polar surface area (TPSA) is 20.2 Å². The quantitative estimate of drug-likeness (QED) is 0.155. The van der Waals surface area contributed by atoms with Crippen molar-refractivity contribution in [2.45, 2.75) is 90.6 Å². The molecular weight excluding hydrogens is 557 g/mol. The Morgan fingerprint density at radius 1 is 0.909 bits per heavy atom. The molecule has 188 valence electrons. The molecule has 1 aromatic rings. The van der Waals surface area contributed by atoms with Crippen LogP contribution in [0.5, 0.6) is 0 Å². The normalized spacial score (nSPS) is 17.4. The molecule has 0 aliphatic carbocycles. The van der Waals surface area contributed by atoms with E-state index < -0.39 is 48.3 Å². The van der Waals surface area contributed by atoms with Gasteiger partial charge in [-0.05, 0) is 41.5 Å². The Bertz CT molecular complexity index is 840. The molecule has 0 amide bonds. The first-order valence-electron chi connectivity index (χ1n) is 11.6. The predicted molar refractivity (Wildman–Crippen MR) is 130 cm³/mol. The van der Waals surface area contributed by atoms with Crippen LogP contribution in [0.2, 0.25) is 0 Å². The van der Waals surface area contributed by atoms with Gasteiger partial charge in [-0.15, -0.1) is 0 Å². The van der Waals surface area contributed by atoms with E-state index in [4.69, 9.17) is 0 Å². The molecule has 33 heavy (non-hydrogen) atoms.